The Labute approximate surface area is 240 Å². The Morgan fingerprint density at radius 1 is 0.949 bits per heavy atom. The number of hydrogen-bond acceptors (Lipinski definition) is 7. The fourth-order valence-electron chi connectivity index (χ4n) is 6.40. The number of nitrogens with zero attached hydrogens (tertiary/aromatic N) is 1. The highest BCUT2D eigenvalue weighted by atomic mass is 79.9. The predicted molar refractivity (Wildman–Crippen MR) is 149 cm³/mol. The second-order valence-electron chi connectivity index (χ2n) is 10.1. The summed E-state index contributed by atoms with van der Waals surface area (Å²) in [6.45, 7) is 0. The lowest BCUT2D eigenvalue weighted by molar-refractivity contribution is -0.123. The number of fused-ring (bicyclic) bond motifs is 3. The summed E-state index contributed by atoms with van der Waals surface area (Å²) in [5.74, 6) is -4.42. The van der Waals surface area contributed by atoms with E-state index < -0.39 is 42.6 Å². The number of halogens is 2. The van der Waals surface area contributed by atoms with Gasteiger partial charge in [0.2, 0.25) is 11.8 Å². The summed E-state index contributed by atoms with van der Waals surface area (Å²) < 4.78 is 0.794. The van der Waals surface area contributed by atoms with E-state index in [4.69, 9.17) is 0 Å². The quantitative estimate of drug-likeness (QED) is 0.201. The van der Waals surface area contributed by atoms with E-state index in [9.17, 15) is 34.3 Å². The van der Waals surface area contributed by atoms with Crippen LogP contribution in [0.15, 0.2) is 80.3 Å². The molecule has 6 rings (SSSR count). The number of allylic oxidation sites excluding steroid dienone is 6. The zero-order valence-corrected chi connectivity index (χ0v) is 23.3. The van der Waals surface area contributed by atoms with E-state index in [1.165, 1.54) is 30.3 Å². The van der Waals surface area contributed by atoms with Gasteiger partial charge in [0.15, 0.2) is 11.6 Å². The maximum Gasteiger partial charge on any atom is 0.488 e. The number of phenols is 1. The highest BCUT2D eigenvalue weighted by Crippen LogP contribution is 2.56. The number of amides is 2. The molecule has 39 heavy (non-hydrogen) atoms. The summed E-state index contributed by atoms with van der Waals surface area (Å²) in [4.78, 5) is 55.2. The number of Topliss-reactive ketones (excluding diaryl/α,β-unsaturated/α-hetero) is 1. The molecule has 0 radical (unpaired) electrons. The second-order valence-corrected chi connectivity index (χ2v) is 11.8. The van der Waals surface area contributed by atoms with Crippen LogP contribution in [0, 0.1) is 17.8 Å². The van der Waals surface area contributed by atoms with Gasteiger partial charge in [0.1, 0.15) is 5.75 Å². The van der Waals surface area contributed by atoms with Crippen LogP contribution in [0.1, 0.15) is 24.3 Å². The average Bonchev–Trinajstić information content (AvgIpc) is 3.17. The first-order chi connectivity index (χ1) is 18.6. The van der Waals surface area contributed by atoms with Gasteiger partial charge in [-0.15, -0.1) is 0 Å². The molecule has 1 heterocycles. The summed E-state index contributed by atoms with van der Waals surface area (Å²) in [5.41, 5.74) is 2.07. The van der Waals surface area contributed by atoms with Gasteiger partial charge in [0.25, 0.3) is 0 Å². The van der Waals surface area contributed by atoms with Gasteiger partial charge < -0.3 is 15.2 Å². The zero-order valence-electron chi connectivity index (χ0n) is 20.2. The summed E-state index contributed by atoms with van der Waals surface area (Å²) in [5, 5.41) is 30.1. The molecule has 0 spiro atoms. The number of rotatable bonds is 3. The van der Waals surface area contributed by atoms with E-state index in [0.29, 0.717) is 10.0 Å². The van der Waals surface area contributed by atoms with Crippen molar-refractivity contribution < 1.29 is 34.3 Å². The molecule has 2 aromatic rings. The number of carbonyl (C=O) groups excluding carboxylic acids is 4. The number of hydrogen-bond donors (Lipinski definition) is 3. The largest absolute Gasteiger partial charge is 0.508 e. The van der Waals surface area contributed by atoms with Gasteiger partial charge in [-0.1, -0.05) is 39.7 Å². The van der Waals surface area contributed by atoms with Gasteiger partial charge in [0.05, 0.1) is 22.0 Å². The van der Waals surface area contributed by atoms with Gasteiger partial charge in [-0.3, -0.25) is 24.1 Å². The van der Waals surface area contributed by atoms with Crippen molar-refractivity contribution in [3.8, 4) is 5.75 Å². The first-order valence-corrected chi connectivity index (χ1v) is 13.9. The molecule has 2 amide bonds. The van der Waals surface area contributed by atoms with Crippen molar-refractivity contribution in [2.75, 3.05) is 4.90 Å². The monoisotopic (exact) mass is 651 g/mol. The van der Waals surface area contributed by atoms with Crippen molar-refractivity contribution in [3.05, 3.63) is 85.9 Å². The first kappa shape index (κ1) is 26.1. The van der Waals surface area contributed by atoms with Crippen molar-refractivity contribution in [1.29, 1.82) is 0 Å². The number of anilines is 1. The number of carbonyl (C=O) groups is 4. The van der Waals surface area contributed by atoms with Crippen LogP contribution in [0.2, 0.25) is 0 Å². The molecule has 196 valence electrons. The van der Waals surface area contributed by atoms with Crippen LogP contribution in [0.25, 0.3) is 0 Å². The molecule has 8 nitrogen and oxygen atoms in total. The second kappa shape index (κ2) is 9.51. The van der Waals surface area contributed by atoms with Crippen LogP contribution in [0.4, 0.5) is 5.69 Å². The van der Waals surface area contributed by atoms with Gasteiger partial charge >= 0.3 is 7.12 Å². The Balaban J connectivity index is 1.49. The molecular weight excluding hydrogens is 633 g/mol. The fourth-order valence-corrected chi connectivity index (χ4v) is 7.22. The normalized spacial score (nSPS) is 26.2. The van der Waals surface area contributed by atoms with E-state index in [2.05, 4.69) is 31.9 Å². The first-order valence-electron chi connectivity index (χ1n) is 12.3. The smallest absolute Gasteiger partial charge is 0.488 e. The molecule has 0 aromatic heterocycles. The molecular formula is C28H20BBr2NO7. The van der Waals surface area contributed by atoms with E-state index in [0.717, 1.165) is 10.5 Å². The van der Waals surface area contributed by atoms with Gasteiger partial charge in [-0.2, -0.15) is 0 Å². The zero-order chi connectivity index (χ0) is 27.7. The molecule has 3 aliphatic carbocycles. The molecule has 0 saturated carbocycles. The highest BCUT2D eigenvalue weighted by molar-refractivity contribution is 9.12. The molecule has 4 aliphatic rings. The lowest BCUT2D eigenvalue weighted by Gasteiger charge is -2.42. The summed E-state index contributed by atoms with van der Waals surface area (Å²) in [7, 11) is -1.77. The van der Waals surface area contributed by atoms with E-state index in [1.807, 2.05) is 6.08 Å². The molecule has 4 atom stereocenters. The van der Waals surface area contributed by atoms with E-state index >= 15 is 0 Å². The number of phenolic OH excluding ortho intramolecular Hbond substituents is 1. The SMILES string of the molecule is O=C1C=C(Br)C(=O)C2=C1[C@@H](c1cc(Br)ccc1O)C1=CC[C@@H]3C(=O)N(c4cccc(B(O)O)c4)C(=O)[C@@H]3[C@@H]1C2. The van der Waals surface area contributed by atoms with Crippen molar-refractivity contribution in [2.45, 2.75) is 18.8 Å². The predicted octanol–water partition coefficient (Wildman–Crippen LogP) is 2.80. The number of aromatic hydroxyl groups is 1. The van der Waals surface area contributed by atoms with Crippen LogP contribution in [-0.2, 0) is 19.2 Å². The Morgan fingerprint density at radius 2 is 1.72 bits per heavy atom. The van der Waals surface area contributed by atoms with E-state index in [1.54, 1.807) is 18.2 Å². The lowest BCUT2D eigenvalue weighted by Crippen LogP contribution is -2.39. The molecule has 1 aliphatic heterocycles. The average molecular weight is 653 g/mol. The lowest BCUT2D eigenvalue weighted by atomic mass is 9.59. The highest BCUT2D eigenvalue weighted by Gasteiger charge is 2.57. The third-order valence-corrected chi connectivity index (χ3v) is 9.14. The minimum absolute atomic E-state index is 0.0533. The number of benzene rings is 2. The Morgan fingerprint density at radius 3 is 2.46 bits per heavy atom. The minimum atomic E-state index is -1.77. The Hall–Kier alpha value is -3.12. The summed E-state index contributed by atoms with van der Waals surface area (Å²) >= 11 is 6.63. The van der Waals surface area contributed by atoms with Crippen LogP contribution in [0.5, 0.6) is 5.75 Å². The maximum absolute atomic E-state index is 13.9. The number of ketones is 2. The van der Waals surface area contributed by atoms with Crippen LogP contribution in [0.3, 0.4) is 0 Å². The molecule has 0 unspecified atom stereocenters. The van der Waals surface area contributed by atoms with Crippen molar-refractivity contribution >= 4 is 73.5 Å². The van der Waals surface area contributed by atoms with Crippen molar-refractivity contribution in [2.24, 2.45) is 17.8 Å². The Kier molecular flexibility index (Phi) is 6.37. The maximum atomic E-state index is 13.9. The third-order valence-electron chi connectivity index (χ3n) is 8.06. The molecule has 2 aromatic carbocycles. The standard InChI is InChI=1S/C28H20BBr2NO7/c30-13-4-7-21(33)18(9-13)23-15-5-6-16-24(17(15)10-19-25(23)22(34)11-20(31)26(19)35)28(37)32(27(16)36)14-3-1-2-12(8-14)29(38)39/h1-5,7-9,11,16-17,23-24,33,38-39H,6,10H2/t16-,17+,23+,24-/m0/s1. The minimum Gasteiger partial charge on any atom is -0.508 e. The van der Waals surface area contributed by atoms with E-state index in [-0.39, 0.29) is 56.9 Å². The van der Waals surface area contributed by atoms with Crippen molar-refractivity contribution in [3.63, 3.8) is 0 Å². The number of imide groups is 1. The van der Waals surface area contributed by atoms with Crippen LogP contribution < -0.4 is 10.4 Å². The molecule has 1 saturated heterocycles. The molecule has 0 bridgehead atoms. The topological polar surface area (TPSA) is 132 Å². The fraction of sp³-hybridized carbons (Fsp3) is 0.214. The molecule has 3 N–H and O–H groups in total. The Bertz CT molecular complexity index is 1590. The van der Waals surface area contributed by atoms with Gasteiger partial charge in [-0.05, 0) is 70.5 Å². The van der Waals surface area contributed by atoms with Crippen molar-refractivity contribution in [1.82, 2.24) is 0 Å². The van der Waals surface area contributed by atoms with Crippen LogP contribution >= 0.6 is 31.9 Å². The van der Waals surface area contributed by atoms with Gasteiger partial charge in [-0.25, -0.2) is 0 Å². The third kappa shape index (κ3) is 4.02. The molecule has 1 fully saturated rings. The summed E-state index contributed by atoms with van der Waals surface area (Å²) in [6, 6.07) is 10.8. The summed E-state index contributed by atoms with van der Waals surface area (Å²) in [6.07, 6.45) is 3.46. The van der Waals surface area contributed by atoms with Crippen LogP contribution in [-0.4, -0.2) is 45.7 Å². The van der Waals surface area contributed by atoms with Gasteiger partial charge in [0, 0.05) is 33.2 Å². The molecule has 11 heteroatoms.